The minimum absolute atomic E-state index is 0.267. The monoisotopic (exact) mass is 409 g/mol. The van der Waals surface area contributed by atoms with Gasteiger partial charge in [-0.25, -0.2) is 0 Å². The van der Waals surface area contributed by atoms with Gasteiger partial charge in [0.25, 0.3) is 0 Å². The average Bonchev–Trinajstić information content (AvgIpc) is 3.09. The molecular weight excluding hydrogens is 374 g/mol. The zero-order valence-corrected chi connectivity index (χ0v) is 18.7. The molecule has 1 aliphatic heterocycles. The molecule has 0 bridgehead atoms. The van der Waals surface area contributed by atoms with E-state index in [0.29, 0.717) is 12.6 Å². The van der Waals surface area contributed by atoms with E-state index in [2.05, 4.69) is 46.4 Å². The van der Waals surface area contributed by atoms with Gasteiger partial charge in [-0.2, -0.15) is 0 Å². The lowest BCUT2D eigenvalue weighted by Crippen LogP contribution is -2.48. The Morgan fingerprint density at radius 3 is 2.30 bits per heavy atom. The van der Waals surface area contributed by atoms with Gasteiger partial charge in [0.15, 0.2) is 5.78 Å². The SMILES string of the molecule is COc1ccc(N2CCN(CC(=O)c3cc(C)n(C4CCCCC4)c3C)CC2)cc1. The van der Waals surface area contributed by atoms with Crippen molar-refractivity contribution in [1.82, 2.24) is 9.47 Å². The third-order valence-corrected chi connectivity index (χ3v) is 6.90. The van der Waals surface area contributed by atoms with Crippen molar-refractivity contribution in [3.8, 4) is 5.75 Å². The van der Waals surface area contributed by atoms with Crippen LogP contribution in [0.4, 0.5) is 5.69 Å². The second-order valence-electron chi connectivity index (χ2n) is 8.83. The summed E-state index contributed by atoms with van der Waals surface area (Å²) in [5, 5.41) is 0. The fraction of sp³-hybridized carbons (Fsp3) is 0.560. The van der Waals surface area contributed by atoms with Crippen LogP contribution in [-0.4, -0.2) is 55.1 Å². The van der Waals surface area contributed by atoms with Crippen LogP contribution in [0.2, 0.25) is 0 Å². The van der Waals surface area contributed by atoms with Crippen LogP contribution in [0.25, 0.3) is 0 Å². The highest BCUT2D eigenvalue weighted by Gasteiger charge is 2.25. The highest BCUT2D eigenvalue weighted by molar-refractivity contribution is 5.99. The van der Waals surface area contributed by atoms with E-state index in [4.69, 9.17) is 4.74 Å². The maximum absolute atomic E-state index is 13.1. The molecule has 162 valence electrons. The summed E-state index contributed by atoms with van der Waals surface area (Å²) in [7, 11) is 1.69. The Labute approximate surface area is 180 Å². The molecule has 0 N–H and O–H groups in total. The zero-order valence-electron chi connectivity index (χ0n) is 18.7. The lowest BCUT2D eigenvalue weighted by atomic mass is 9.95. The highest BCUT2D eigenvalue weighted by Crippen LogP contribution is 2.32. The maximum Gasteiger partial charge on any atom is 0.178 e. The van der Waals surface area contributed by atoms with Gasteiger partial charge in [-0.15, -0.1) is 0 Å². The van der Waals surface area contributed by atoms with Gasteiger partial charge in [-0.3, -0.25) is 9.69 Å². The largest absolute Gasteiger partial charge is 0.497 e. The lowest BCUT2D eigenvalue weighted by molar-refractivity contribution is 0.0925. The van der Waals surface area contributed by atoms with Crippen LogP contribution in [0.15, 0.2) is 30.3 Å². The summed E-state index contributed by atoms with van der Waals surface area (Å²) in [5.41, 5.74) is 4.56. The number of carbonyl (C=O) groups is 1. The predicted molar refractivity (Wildman–Crippen MR) is 122 cm³/mol. The molecule has 1 aliphatic carbocycles. The van der Waals surface area contributed by atoms with Gasteiger partial charge in [0.2, 0.25) is 0 Å². The fourth-order valence-electron chi connectivity index (χ4n) is 5.21. The van der Waals surface area contributed by atoms with Crippen LogP contribution >= 0.6 is 0 Å². The number of Topliss-reactive ketones (excluding diaryl/α,β-unsaturated/α-hetero) is 1. The van der Waals surface area contributed by atoms with Crippen molar-refractivity contribution >= 4 is 11.5 Å². The van der Waals surface area contributed by atoms with Crippen LogP contribution in [0.3, 0.4) is 0 Å². The summed E-state index contributed by atoms with van der Waals surface area (Å²) in [6.45, 7) is 8.54. The van der Waals surface area contributed by atoms with E-state index >= 15 is 0 Å². The number of hydrogen-bond donors (Lipinski definition) is 0. The molecule has 1 saturated carbocycles. The number of ether oxygens (including phenoxy) is 1. The van der Waals surface area contributed by atoms with E-state index in [0.717, 1.165) is 37.5 Å². The van der Waals surface area contributed by atoms with Crippen LogP contribution < -0.4 is 9.64 Å². The van der Waals surface area contributed by atoms with Gasteiger partial charge in [-0.1, -0.05) is 19.3 Å². The van der Waals surface area contributed by atoms with Crippen molar-refractivity contribution in [2.75, 3.05) is 44.7 Å². The average molecular weight is 410 g/mol. The van der Waals surface area contributed by atoms with Gasteiger partial charge < -0.3 is 14.2 Å². The Morgan fingerprint density at radius 1 is 1.00 bits per heavy atom. The second kappa shape index (κ2) is 9.25. The quantitative estimate of drug-likeness (QED) is 0.652. The summed E-state index contributed by atoms with van der Waals surface area (Å²) in [6.07, 6.45) is 6.46. The topological polar surface area (TPSA) is 37.7 Å². The number of benzene rings is 1. The Hall–Kier alpha value is -2.27. The smallest absolute Gasteiger partial charge is 0.178 e. The first kappa shape index (κ1) is 21.0. The van der Waals surface area contributed by atoms with Crippen molar-refractivity contribution in [2.45, 2.75) is 52.0 Å². The molecule has 4 rings (SSSR count). The minimum Gasteiger partial charge on any atom is -0.497 e. The number of anilines is 1. The summed E-state index contributed by atoms with van der Waals surface area (Å²) < 4.78 is 7.69. The maximum atomic E-state index is 13.1. The van der Waals surface area contributed by atoms with Crippen LogP contribution in [0.5, 0.6) is 5.75 Å². The molecule has 1 aromatic carbocycles. The molecule has 2 fully saturated rings. The molecule has 2 aliphatic rings. The molecule has 1 aromatic heterocycles. The van der Waals surface area contributed by atoms with Gasteiger partial charge in [0, 0.05) is 54.9 Å². The van der Waals surface area contributed by atoms with E-state index in [-0.39, 0.29) is 5.78 Å². The number of rotatable bonds is 6. The first-order chi connectivity index (χ1) is 14.6. The van der Waals surface area contributed by atoms with Crippen molar-refractivity contribution in [1.29, 1.82) is 0 Å². The van der Waals surface area contributed by atoms with Crippen LogP contribution in [0, 0.1) is 13.8 Å². The van der Waals surface area contributed by atoms with Gasteiger partial charge >= 0.3 is 0 Å². The van der Waals surface area contributed by atoms with E-state index in [9.17, 15) is 4.79 Å². The molecule has 0 atom stereocenters. The van der Waals surface area contributed by atoms with Gasteiger partial charge in [0.05, 0.1) is 13.7 Å². The molecule has 1 saturated heterocycles. The third kappa shape index (κ3) is 4.41. The van der Waals surface area contributed by atoms with E-state index < -0.39 is 0 Å². The Morgan fingerprint density at radius 2 is 1.67 bits per heavy atom. The molecule has 0 radical (unpaired) electrons. The second-order valence-corrected chi connectivity index (χ2v) is 8.83. The number of hydrogen-bond acceptors (Lipinski definition) is 4. The number of aromatic nitrogens is 1. The Balaban J connectivity index is 1.35. The van der Waals surface area contributed by atoms with Gasteiger partial charge in [-0.05, 0) is 57.0 Å². The first-order valence-corrected chi connectivity index (χ1v) is 11.4. The third-order valence-electron chi connectivity index (χ3n) is 6.90. The molecular formula is C25H35N3O2. The van der Waals surface area contributed by atoms with E-state index in [1.165, 1.54) is 49.2 Å². The number of ketones is 1. The number of methoxy groups -OCH3 is 1. The fourth-order valence-corrected chi connectivity index (χ4v) is 5.21. The number of piperazine rings is 1. The Kier molecular flexibility index (Phi) is 6.47. The van der Waals surface area contributed by atoms with Gasteiger partial charge in [0.1, 0.15) is 5.75 Å². The molecule has 5 heteroatoms. The molecule has 2 aromatic rings. The molecule has 0 spiro atoms. The van der Waals surface area contributed by atoms with Crippen molar-refractivity contribution in [3.63, 3.8) is 0 Å². The molecule has 2 heterocycles. The summed E-state index contributed by atoms with van der Waals surface area (Å²) in [4.78, 5) is 17.8. The Bertz CT molecular complexity index is 857. The van der Waals surface area contributed by atoms with Crippen molar-refractivity contribution < 1.29 is 9.53 Å². The first-order valence-electron chi connectivity index (χ1n) is 11.4. The molecule has 5 nitrogen and oxygen atoms in total. The lowest BCUT2D eigenvalue weighted by Gasteiger charge is -2.35. The van der Waals surface area contributed by atoms with E-state index in [1.807, 2.05) is 12.1 Å². The van der Waals surface area contributed by atoms with E-state index in [1.54, 1.807) is 7.11 Å². The molecule has 30 heavy (non-hydrogen) atoms. The normalized spacial score (nSPS) is 18.6. The number of nitrogens with zero attached hydrogens (tertiary/aromatic N) is 3. The number of carbonyl (C=O) groups excluding carboxylic acids is 1. The molecule has 0 amide bonds. The molecule has 0 unspecified atom stereocenters. The summed E-state index contributed by atoms with van der Waals surface area (Å²) in [6, 6.07) is 10.9. The minimum atomic E-state index is 0.267. The van der Waals surface area contributed by atoms with Crippen molar-refractivity contribution in [2.24, 2.45) is 0 Å². The van der Waals surface area contributed by atoms with Crippen molar-refractivity contribution in [3.05, 3.63) is 47.3 Å². The number of aryl methyl sites for hydroxylation is 1. The highest BCUT2D eigenvalue weighted by atomic mass is 16.5. The summed E-state index contributed by atoms with van der Waals surface area (Å²) in [5.74, 6) is 1.15. The van der Waals surface area contributed by atoms with Crippen LogP contribution in [-0.2, 0) is 0 Å². The summed E-state index contributed by atoms with van der Waals surface area (Å²) >= 11 is 0. The predicted octanol–water partition coefficient (Wildman–Crippen LogP) is 4.62. The van der Waals surface area contributed by atoms with Crippen LogP contribution in [0.1, 0.15) is 59.9 Å². The standard InChI is InChI=1S/C25H35N3O2/c1-19-17-24(20(2)28(19)22-7-5-4-6-8-22)25(29)18-26-13-15-27(16-14-26)21-9-11-23(30-3)12-10-21/h9-12,17,22H,4-8,13-16,18H2,1-3H3. The zero-order chi connectivity index (χ0) is 21.1.